The lowest BCUT2D eigenvalue weighted by molar-refractivity contribution is 0.948. The van der Waals surface area contributed by atoms with Crippen molar-refractivity contribution in [1.82, 2.24) is 9.97 Å². The van der Waals surface area contributed by atoms with Crippen molar-refractivity contribution >= 4 is 22.9 Å². The van der Waals surface area contributed by atoms with Crippen molar-refractivity contribution in [2.24, 2.45) is 0 Å². The van der Waals surface area contributed by atoms with Gasteiger partial charge in [-0.3, -0.25) is 9.59 Å². The Bertz CT molecular complexity index is 763. The second-order valence-corrected chi connectivity index (χ2v) is 4.84. The Morgan fingerprint density at radius 1 is 1.26 bits per heavy atom. The minimum Gasteiger partial charge on any atom is -0.329 e. The maximum Gasteiger partial charge on any atom is 0.253 e. The molecule has 1 aliphatic heterocycles. The van der Waals surface area contributed by atoms with E-state index >= 15 is 0 Å². The Balaban J connectivity index is 1.99. The number of hydrogen-bond acceptors (Lipinski definition) is 3. The molecule has 0 bridgehead atoms. The summed E-state index contributed by atoms with van der Waals surface area (Å²) in [5.74, 6) is 0. The zero-order valence-electron chi connectivity index (χ0n) is 9.97. The van der Waals surface area contributed by atoms with Crippen molar-refractivity contribution < 1.29 is 0 Å². The third-order valence-electron chi connectivity index (χ3n) is 3.12. The largest absolute Gasteiger partial charge is 0.329 e. The summed E-state index contributed by atoms with van der Waals surface area (Å²) in [6, 6.07) is 6.82. The Morgan fingerprint density at radius 3 is 2.89 bits per heavy atom. The number of pyridine rings is 2. The molecule has 0 spiro atoms. The number of aromatic nitrogens is 2. The highest BCUT2D eigenvalue weighted by atomic mass is 32.1. The summed E-state index contributed by atoms with van der Waals surface area (Å²) in [5.41, 5.74) is 2.02. The molecule has 2 N–H and O–H groups in total. The van der Waals surface area contributed by atoms with Crippen LogP contribution in [-0.4, -0.2) is 15.0 Å². The topological polar surface area (TPSA) is 69.0 Å². The molecule has 96 valence electrons. The number of thiocarbonyl (C=S) groups is 1. The van der Waals surface area contributed by atoms with Crippen molar-refractivity contribution in [2.75, 3.05) is 4.90 Å². The lowest BCUT2D eigenvalue weighted by atomic mass is 10.2. The van der Waals surface area contributed by atoms with Gasteiger partial charge in [-0.2, -0.15) is 0 Å². The SMILES string of the molecule is O=c1cccc(CN2C(=S)Cc3c2cc[nH]c3=O)[nH]1. The van der Waals surface area contributed by atoms with E-state index in [0.29, 0.717) is 23.5 Å². The lowest BCUT2D eigenvalue weighted by Crippen LogP contribution is -2.26. The summed E-state index contributed by atoms with van der Waals surface area (Å²) >= 11 is 5.32. The van der Waals surface area contributed by atoms with E-state index in [-0.39, 0.29) is 11.1 Å². The molecule has 2 aromatic heterocycles. The Hall–Kier alpha value is -2.21. The third kappa shape index (κ3) is 2.10. The van der Waals surface area contributed by atoms with Crippen LogP contribution in [0.15, 0.2) is 40.1 Å². The first-order chi connectivity index (χ1) is 9.15. The maximum absolute atomic E-state index is 11.7. The van der Waals surface area contributed by atoms with E-state index in [4.69, 9.17) is 12.2 Å². The quantitative estimate of drug-likeness (QED) is 0.799. The van der Waals surface area contributed by atoms with Gasteiger partial charge in [0.05, 0.1) is 17.2 Å². The first kappa shape index (κ1) is 11.9. The van der Waals surface area contributed by atoms with Gasteiger partial charge in [0.25, 0.3) is 5.56 Å². The molecule has 0 aromatic carbocycles. The number of hydrogen-bond donors (Lipinski definition) is 2. The molecule has 0 saturated heterocycles. The number of rotatable bonds is 2. The van der Waals surface area contributed by atoms with E-state index in [2.05, 4.69) is 9.97 Å². The van der Waals surface area contributed by atoms with Crippen LogP contribution in [0.3, 0.4) is 0 Å². The second-order valence-electron chi connectivity index (χ2n) is 4.37. The predicted octanol–water partition coefficient (Wildman–Crippen LogP) is 0.953. The van der Waals surface area contributed by atoms with E-state index in [9.17, 15) is 9.59 Å². The normalized spacial score (nSPS) is 13.7. The van der Waals surface area contributed by atoms with Gasteiger partial charge in [0, 0.05) is 29.9 Å². The second kappa shape index (κ2) is 4.47. The molecule has 3 heterocycles. The monoisotopic (exact) mass is 273 g/mol. The highest BCUT2D eigenvalue weighted by molar-refractivity contribution is 7.80. The van der Waals surface area contributed by atoms with E-state index in [1.54, 1.807) is 12.3 Å². The number of aromatic amines is 2. The molecule has 0 saturated carbocycles. The number of nitrogens with one attached hydrogen (secondary N) is 2. The summed E-state index contributed by atoms with van der Waals surface area (Å²) in [6.45, 7) is 0.464. The summed E-state index contributed by atoms with van der Waals surface area (Å²) in [6.07, 6.45) is 2.08. The van der Waals surface area contributed by atoms with Crippen LogP contribution in [0, 0.1) is 0 Å². The molecule has 19 heavy (non-hydrogen) atoms. The van der Waals surface area contributed by atoms with Crippen LogP contribution in [0.1, 0.15) is 11.3 Å². The predicted molar refractivity (Wildman–Crippen MR) is 76.6 cm³/mol. The number of fused-ring (bicyclic) bond motifs is 1. The van der Waals surface area contributed by atoms with Gasteiger partial charge in [0.2, 0.25) is 5.56 Å². The average molecular weight is 273 g/mol. The molecule has 2 aromatic rings. The van der Waals surface area contributed by atoms with Crippen molar-refractivity contribution in [3.63, 3.8) is 0 Å². The van der Waals surface area contributed by atoms with Crippen molar-refractivity contribution in [3.05, 3.63) is 62.4 Å². The van der Waals surface area contributed by atoms with Crippen molar-refractivity contribution in [3.8, 4) is 0 Å². The van der Waals surface area contributed by atoms with Crippen molar-refractivity contribution in [1.29, 1.82) is 0 Å². The molecule has 6 heteroatoms. The maximum atomic E-state index is 11.7. The zero-order chi connectivity index (χ0) is 13.4. The Kier molecular flexibility index (Phi) is 2.79. The minimum absolute atomic E-state index is 0.107. The average Bonchev–Trinajstić information content (AvgIpc) is 2.69. The molecule has 0 radical (unpaired) electrons. The smallest absolute Gasteiger partial charge is 0.253 e. The van der Waals surface area contributed by atoms with Crippen LogP contribution < -0.4 is 16.0 Å². The minimum atomic E-state index is -0.145. The van der Waals surface area contributed by atoms with Crippen LogP contribution in [0.2, 0.25) is 0 Å². The molecule has 3 rings (SSSR count). The third-order valence-corrected chi connectivity index (χ3v) is 3.48. The van der Waals surface area contributed by atoms with Gasteiger partial charge in [-0.05, 0) is 12.1 Å². The molecule has 0 aliphatic carbocycles. The fraction of sp³-hybridized carbons (Fsp3) is 0.154. The Morgan fingerprint density at radius 2 is 2.11 bits per heavy atom. The van der Waals surface area contributed by atoms with E-state index in [0.717, 1.165) is 11.4 Å². The summed E-state index contributed by atoms with van der Waals surface area (Å²) in [4.78, 5) is 31.0. The first-order valence-corrected chi connectivity index (χ1v) is 6.25. The highest BCUT2D eigenvalue weighted by Crippen LogP contribution is 2.27. The first-order valence-electron chi connectivity index (χ1n) is 5.84. The summed E-state index contributed by atoms with van der Waals surface area (Å²) < 4.78 is 0. The number of anilines is 1. The van der Waals surface area contributed by atoms with Gasteiger partial charge in [-0.25, -0.2) is 0 Å². The van der Waals surface area contributed by atoms with Crippen LogP contribution in [0.4, 0.5) is 5.69 Å². The fourth-order valence-electron chi connectivity index (χ4n) is 2.23. The van der Waals surface area contributed by atoms with Gasteiger partial charge < -0.3 is 14.9 Å². The molecule has 0 fully saturated rings. The summed E-state index contributed by atoms with van der Waals surface area (Å²) in [7, 11) is 0. The molecule has 0 amide bonds. The molecular formula is C13H11N3O2S. The van der Waals surface area contributed by atoms with Crippen LogP contribution in [0.5, 0.6) is 0 Å². The molecule has 1 aliphatic rings. The van der Waals surface area contributed by atoms with Crippen LogP contribution in [0.25, 0.3) is 0 Å². The van der Waals surface area contributed by atoms with Crippen molar-refractivity contribution in [2.45, 2.75) is 13.0 Å². The molecular weight excluding hydrogens is 262 g/mol. The van der Waals surface area contributed by atoms with Crippen LogP contribution in [-0.2, 0) is 13.0 Å². The van der Waals surface area contributed by atoms with Gasteiger partial charge in [-0.15, -0.1) is 0 Å². The molecule has 0 atom stereocenters. The van der Waals surface area contributed by atoms with E-state index in [1.165, 1.54) is 6.07 Å². The highest BCUT2D eigenvalue weighted by Gasteiger charge is 2.26. The van der Waals surface area contributed by atoms with Gasteiger partial charge in [0.15, 0.2) is 0 Å². The summed E-state index contributed by atoms with van der Waals surface area (Å²) in [5, 5.41) is 0. The molecule has 5 nitrogen and oxygen atoms in total. The number of H-pyrrole nitrogens is 2. The lowest BCUT2D eigenvalue weighted by Gasteiger charge is -2.19. The van der Waals surface area contributed by atoms with Gasteiger partial charge >= 0.3 is 0 Å². The van der Waals surface area contributed by atoms with E-state index in [1.807, 2.05) is 17.0 Å². The zero-order valence-corrected chi connectivity index (χ0v) is 10.8. The number of nitrogens with zero attached hydrogens (tertiary/aromatic N) is 1. The fourth-order valence-corrected chi connectivity index (χ4v) is 2.54. The molecule has 0 unspecified atom stereocenters. The standard InChI is InChI=1S/C13H11N3O2S/c17-11-3-1-2-8(15-11)7-16-10-4-5-14-13(18)9(10)6-12(16)19/h1-5H,6-7H2,(H,14,18)(H,15,17). The van der Waals surface area contributed by atoms with Gasteiger partial charge in [-0.1, -0.05) is 18.3 Å². The van der Waals surface area contributed by atoms with E-state index < -0.39 is 0 Å². The van der Waals surface area contributed by atoms with Crippen LogP contribution >= 0.6 is 12.2 Å². The van der Waals surface area contributed by atoms with Gasteiger partial charge in [0.1, 0.15) is 0 Å². The Labute approximate surface area is 113 Å².